The highest BCUT2D eigenvalue weighted by Crippen LogP contribution is 2.29. The molecule has 0 fully saturated rings. The van der Waals surface area contributed by atoms with E-state index < -0.39 is 0 Å². The van der Waals surface area contributed by atoms with Crippen molar-refractivity contribution in [3.05, 3.63) is 65.2 Å². The van der Waals surface area contributed by atoms with Crippen LogP contribution in [0.15, 0.2) is 48.5 Å². The number of ether oxygens (including phenoxy) is 1. The second-order valence-electron chi connectivity index (χ2n) is 7.24. The molecule has 2 aromatic carbocycles. The van der Waals surface area contributed by atoms with E-state index in [1.54, 1.807) is 14.1 Å². The third-order valence-corrected chi connectivity index (χ3v) is 4.42. The van der Waals surface area contributed by atoms with Crippen molar-refractivity contribution in [3.63, 3.8) is 0 Å². The molecule has 4 nitrogen and oxygen atoms in total. The van der Waals surface area contributed by atoms with Gasteiger partial charge in [-0.25, -0.2) is 4.79 Å². The van der Waals surface area contributed by atoms with Gasteiger partial charge in [0.05, 0.1) is 20.6 Å². The zero-order valence-electron chi connectivity index (χ0n) is 16.3. The molecule has 0 aliphatic heterocycles. The minimum atomic E-state index is -0.344. The molecular weight excluding hydrogens is 439 g/mol. The first-order chi connectivity index (χ1) is 11.8. The molecule has 0 aliphatic carbocycles. The van der Waals surface area contributed by atoms with Crippen LogP contribution in [-0.2, 0) is 13.0 Å². The Morgan fingerprint density at radius 1 is 1.00 bits per heavy atom. The summed E-state index contributed by atoms with van der Waals surface area (Å²) in [7, 11) is 7.77. The summed E-state index contributed by atoms with van der Waals surface area (Å²) in [6.07, 6.45) is 0.396. The Hall–Kier alpha value is -1.60. The summed E-state index contributed by atoms with van der Waals surface area (Å²) in [4.78, 5) is 13.7. The molecule has 142 valence electrons. The summed E-state index contributed by atoms with van der Waals surface area (Å²) < 4.78 is 6.61. The fourth-order valence-corrected chi connectivity index (χ4v) is 2.60. The fourth-order valence-electron chi connectivity index (χ4n) is 2.60. The highest BCUT2D eigenvalue weighted by Gasteiger charge is 2.21. The van der Waals surface area contributed by atoms with E-state index in [2.05, 4.69) is 45.3 Å². The highest BCUT2D eigenvalue weighted by molar-refractivity contribution is 5.71. The van der Waals surface area contributed by atoms with Crippen LogP contribution in [0.5, 0.6) is 5.75 Å². The lowest BCUT2D eigenvalue weighted by Crippen LogP contribution is -3.00. The molecule has 1 amide bonds. The Kier molecular flexibility index (Phi) is 8.56. The number of halogens is 1. The average Bonchev–Trinajstić information content (AvgIpc) is 2.58. The first-order valence-electron chi connectivity index (χ1n) is 8.68. The van der Waals surface area contributed by atoms with Gasteiger partial charge in [0.1, 0.15) is 12.3 Å². The van der Waals surface area contributed by atoms with Crippen LogP contribution in [0.1, 0.15) is 23.6 Å². The van der Waals surface area contributed by atoms with Crippen LogP contribution < -0.4 is 28.7 Å². The average molecular weight is 468 g/mol. The van der Waals surface area contributed by atoms with Crippen LogP contribution in [0.25, 0.3) is 0 Å². The van der Waals surface area contributed by atoms with Crippen LogP contribution in [-0.4, -0.2) is 50.2 Å². The smallest absolute Gasteiger partial charge is 0.414 e. The van der Waals surface area contributed by atoms with Crippen molar-refractivity contribution in [1.82, 2.24) is 4.90 Å². The van der Waals surface area contributed by atoms with Gasteiger partial charge in [-0.1, -0.05) is 42.5 Å². The van der Waals surface area contributed by atoms with E-state index in [-0.39, 0.29) is 30.1 Å². The minimum absolute atomic E-state index is 0. The SMILES string of the molecule is CC[N+](C)(C)Cc1cccc(Cc2ccccc2)c1OC(=O)N(C)C.[I-]. The first-order valence-corrected chi connectivity index (χ1v) is 8.68. The topological polar surface area (TPSA) is 29.5 Å². The van der Waals surface area contributed by atoms with E-state index in [4.69, 9.17) is 4.74 Å². The third kappa shape index (κ3) is 6.29. The molecule has 0 unspecified atom stereocenters. The molecule has 0 aromatic heterocycles. The number of amides is 1. The highest BCUT2D eigenvalue weighted by atomic mass is 127. The maximum atomic E-state index is 12.2. The predicted octanol–water partition coefficient (Wildman–Crippen LogP) is 0.938. The summed E-state index contributed by atoms with van der Waals surface area (Å²) in [5.41, 5.74) is 3.30. The maximum Gasteiger partial charge on any atom is 0.414 e. The first kappa shape index (κ1) is 22.4. The van der Waals surface area contributed by atoms with E-state index in [1.165, 1.54) is 10.5 Å². The normalized spacial score (nSPS) is 10.8. The molecule has 0 N–H and O–H groups in total. The molecule has 0 saturated heterocycles. The third-order valence-electron chi connectivity index (χ3n) is 4.42. The van der Waals surface area contributed by atoms with Gasteiger partial charge in [0.25, 0.3) is 0 Å². The van der Waals surface area contributed by atoms with Gasteiger partial charge in [0.15, 0.2) is 0 Å². The minimum Gasteiger partial charge on any atom is -1.00 e. The van der Waals surface area contributed by atoms with Crippen LogP contribution in [0.2, 0.25) is 0 Å². The van der Waals surface area contributed by atoms with E-state index in [1.807, 2.05) is 24.3 Å². The van der Waals surface area contributed by atoms with Crippen LogP contribution in [0.4, 0.5) is 4.79 Å². The van der Waals surface area contributed by atoms with Crippen LogP contribution in [0.3, 0.4) is 0 Å². The Balaban J connectivity index is 0.00000338. The number of nitrogens with zero attached hydrogens (tertiary/aromatic N) is 2. The number of carbonyl (C=O) groups is 1. The molecule has 0 radical (unpaired) electrons. The summed E-state index contributed by atoms with van der Waals surface area (Å²) >= 11 is 0. The largest absolute Gasteiger partial charge is 1.00 e. The second kappa shape index (κ2) is 9.92. The monoisotopic (exact) mass is 468 g/mol. The van der Waals surface area contributed by atoms with Crippen LogP contribution >= 0.6 is 0 Å². The maximum absolute atomic E-state index is 12.2. The Bertz CT molecular complexity index is 715. The van der Waals surface area contributed by atoms with E-state index >= 15 is 0 Å². The van der Waals surface area contributed by atoms with Crippen molar-refractivity contribution in [1.29, 1.82) is 0 Å². The number of carbonyl (C=O) groups excluding carboxylic acids is 1. The van der Waals surface area contributed by atoms with Crippen molar-refractivity contribution in [2.45, 2.75) is 19.9 Å². The Labute approximate surface area is 174 Å². The van der Waals surface area contributed by atoms with Gasteiger partial charge in [0.2, 0.25) is 0 Å². The van der Waals surface area contributed by atoms with Gasteiger partial charge in [-0.05, 0) is 24.1 Å². The molecule has 0 atom stereocenters. The Morgan fingerprint density at radius 2 is 1.62 bits per heavy atom. The van der Waals surface area contributed by atoms with Crippen molar-refractivity contribution in [3.8, 4) is 5.75 Å². The number of benzene rings is 2. The van der Waals surface area contributed by atoms with Gasteiger partial charge in [-0.3, -0.25) is 0 Å². The molecule has 26 heavy (non-hydrogen) atoms. The van der Waals surface area contributed by atoms with Gasteiger partial charge in [0, 0.05) is 26.1 Å². The van der Waals surface area contributed by atoms with Crippen molar-refractivity contribution < 1.29 is 38.0 Å². The quantitative estimate of drug-likeness (QED) is 0.467. The molecule has 0 heterocycles. The van der Waals surface area contributed by atoms with Gasteiger partial charge >= 0.3 is 6.09 Å². The zero-order chi connectivity index (χ0) is 18.4. The molecule has 0 spiro atoms. The van der Waals surface area contributed by atoms with Gasteiger partial charge in [-0.15, -0.1) is 0 Å². The number of hydrogen-bond acceptors (Lipinski definition) is 2. The molecule has 0 bridgehead atoms. The lowest BCUT2D eigenvalue weighted by Gasteiger charge is -2.29. The fraction of sp³-hybridized carbons (Fsp3) is 0.381. The molecular formula is C21H29IN2O2. The van der Waals surface area contributed by atoms with Crippen molar-refractivity contribution in [2.75, 3.05) is 34.7 Å². The molecule has 5 heteroatoms. The summed E-state index contributed by atoms with van der Waals surface area (Å²) in [6.45, 7) is 3.98. The van der Waals surface area contributed by atoms with E-state index in [0.717, 1.165) is 35.1 Å². The van der Waals surface area contributed by atoms with Crippen molar-refractivity contribution in [2.24, 2.45) is 0 Å². The molecule has 0 aliphatic rings. The lowest BCUT2D eigenvalue weighted by atomic mass is 10.0. The Morgan fingerprint density at radius 3 is 2.19 bits per heavy atom. The summed E-state index contributed by atoms with van der Waals surface area (Å²) in [5.74, 6) is 0.699. The standard InChI is InChI=1S/C21H29N2O2.HI/c1-6-23(4,5)16-19-14-10-13-18(15-17-11-8-7-9-12-17)20(19)25-21(24)22(2)3;/h7-14H,6,15-16H2,1-5H3;1H/q+1;/p-1. The molecule has 2 rings (SSSR count). The second-order valence-corrected chi connectivity index (χ2v) is 7.24. The molecule has 2 aromatic rings. The van der Waals surface area contributed by atoms with E-state index in [9.17, 15) is 4.79 Å². The number of rotatable bonds is 6. The number of hydrogen-bond donors (Lipinski definition) is 0. The number of quaternary nitrogens is 1. The van der Waals surface area contributed by atoms with Gasteiger partial charge in [-0.2, -0.15) is 0 Å². The number of para-hydroxylation sites is 1. The van der Waals surface area contributed by atoms with Crippen LogP contribution in [0, 0.1) is 0 Å². The summed E-state index contributed by atoms with van der Waals surface area (Å²) in [6, 6.07) is 16.4. The lowest BCUT2D eigenvalue weighted by molar-refractivity contribution is -0.901. The summed E-state index contributed by atoms with van der Waals surface area (Å²) in [5, 5.41) is 0. The zero-order valence-corrected chi connectivity index (χ0v) is 18.5. The van der Waals surface area contributed by atoms with E-state index in [0.29, 0.717) is 5.75 Å². The van der Waals surface area contributed by atoms with Crippen molar-refractivity contribution >= 4 is 6.09 Å². The predicted molar refractivity (Wildman–Crippen MR) is 102 cm³/mol. The molecule has 0 saturated carbocycles. The van der Waals surface area contributed by atoms with Gasteiger partial charge < -0.3 is 38.1 Å².